The Morgan fingerprint density at radius 3 is 3.05 bits per heavy atom. The van der Waals surface area contributed by atoms with Gasteiger partial charge in [-0.3, -0.25) is 15.2 Å². The third kappa shape index (κ3) is 2.17. The maximum Gasteiger partial charge on any atom is 0.288 e. The van der Waals surface area contributed by atoms with Gasteiger partial charge in [0.25, 0.3) is 5.69 Å². The van der Waals surface area contributed by atoms with Crippen molar-refractivity contribution in [3.05, 3.63) is 44.6 Å². The molecule has 2 aromatic rings. The van der Waals surface area contributed by atoms with Crippen LogP contribution in [0.2, 0.25) is 5.02 Å². The van der Waals surface area contributed by atoms with Gasteiger partial charge in [-0.25, -0.2) is 0 Å². The Balaban J connectivity index is 2.08. The topological polar surface area (TPSA) is 75.1 Å². The molecule has 1 aromatic heterocycles. The predicted octanol–water partition coefficient (Wildman–Crippen LogP) is 2.63. The van der Waals surface area contributed by atoms with Gasteiger partial charge in [0, 0.05) is 42.4 Å². The van der Waals surface area contributed by atoms with E-state index in [-0.39, 0.29) is 10.7 Å². The van der Waals surface area contributed by atoms with E-state index in [1.54, 1.807) is 12.1 Å². The molecule has 0 aliphatic carbocycles. The van der Waals surface area contributed by atoms with Gasteiger partial charge in [-0.05, 0) is 13.1 Å². The minimum atomic E-state index is -0.475. The molecule has 1 aromatic carbocycles. The normalized spacial score (nSPS) is 15.1. The van der Waals surface area contributed by atoms with Crippen molar-refractivity contribution in [2.45, 2.75) is 13.0 Å². The second-order valence-electron chi connectivity index (χ2n) is 4.94. The lowest BCUT2D eigenvalue weighted by molar-refractivity contribution is -0.384. The van der Waals surface area contributed by atoms with E-state index in [0.717, 1.165) is 36.5 Å². The minimum Gasteiger partial charge on any atom is -0.302 e. The van der Waals surface area contributed by atoms with Crippen LogP contribution in [0.5, 0.6) is 0 Å². The molecule has 0 saturated carbocycles. The van der Waals surface area contributed by atoms with Gasteiger partial charge < -0.3 is 4.90 Å². The van der Waals surface area contributed by atoms with Gasteiger partial charge in [0.05, 0.1) is 10.6 Å². The van der Waals surface area contributed by atoms with Crippen LogP contribution in [-0.4, -0.2) is 33.6 Å². The highest BCUT2D eigenvalue weighted by molar-refractivity contribution is 6.32. The van der Waals surface area contributed by atoms with Crippen molar-refractivity contribution in [2.24, 2.45) is 0 Å². The highest BCUT2D eigenvalue weighted by Crippen LogP contribution is 2.33. The van der Waals surface area contributed by atoms with Crippen LogP contribution in [0.4, 0.5) is 5.69 Å². The number of nitro benzene ring substituents is 1. The summed E-state index contributed by atoms with van der Waals surface area (Å²) in [4.78, 5) is 12.7. The monoisotopic (exact) mass is 292 g/mol. The number of nitrogens with one attached hydrogen (secondary N) is 1. The van der Waals surface area contributed by atoms with E-state index in [1.807, 2.05) is 7.05 Å². The van der Waals surface area contributed by atoms with Gasteiger partial charge in [-0.15, -0.1) is 0 Å². The Hall–Kier alpha value is -1.92. The average molecular weight is 293 g/mol. The van der Waals surface area contributed by atoms with Crippen molar-refractivity contribution in [2.75, 3.05) is 13.6 Å². The quantitative estimate of drug-likeness (QED) is 0.682. The molecule has 3 rings (SSSR count). The molecule has 1 aliphatic heterocycles. The van der Waals surface area contributed by atoms with E-state index in [4.69, 9.17) is 11.6 Å². The number of nitro groups is 1. The van der Waals surface area contributed by atoms with E-state index >= 15 is 0 Å². The molecule has 0 spiro atoms. The van der Waals surface area contributed by atoms with Gasteiger partial charge in [-0.2, -0.15) is 5.10 Å². The summed E-state index contributed by atoms with van der Waals surface area (Å²) in [7, 11) is 2.05. The van der Waals surface area contributed by atoms with Crippen molar-refractivity contribution in [1.29, 1.82) is 0 Å². The summed E-state index contributed by atoms with van der Waals surface area (Å²) in [6, 6.07) is 4.79. The minimum absolute atomic E-state index is 0.0925. The highest BCUT2D eigenvalue weighted by atomic mass is 35.5. The fourth-order valence-electron chi connectivity index (χ4n) is 2.47. The van der Waals surface area contributed by atoms with Crippen LogP contribution < -0.4 is 0 Å². The number of benzene rings is 1. The summed E-state index contributed by atoms with van der Waals surface area (Å²) in [6.45, 7) is 1.77. The Morgan fingerprint density at radius 2 is 2.30 bits per heavy atom. The molecular weight excluding hydrogens is 280 g/mol. The fourth-order valence-corrected chi connectivity index (χ4v) is 2.66. The molecule has 0 bridgehead atoms. The van der Waals surface area contributed by atoms with Crippen LogP contribution in [0, 0.1) is 10.1 Å². The first kappa shape index (κ1) is 13.1. The Morgan fingerprint density at radius 1 is 1.50 bits per heavy atom. The summed E-state index contributed by atoms with van der Waals surface area (Å²) in [5.74, 6) is 0. The SMILES string of the molecule is CN1CCc2[nH]nc(-c3ccc(Cl)c([N+](=O)[O-])c3)c2C1. The van der Waals surface area contributed by atoms with Gasteiger partial charge >= 0.3 is 0 Å². The summed E-state index contributed by atoms with van der Waals surface area (Å²) in [5.41, 5.74) is 3.61. The fraction of sp³-hybridized carbons (Fsp3) is 0.308. The second-order valence-corrected chi connectivity index (χ2v) is 5.35. The van der Waals surface area contributed by atoms with Crippen molar-refractivity contribution >= 4 is 17.3 Å². The molecule has 6 nitrogen and oxygen atoms in total. The Kier molecular flexibility index (Phi) is 3.19. The molecule has 7 heteroatoms. The molecule has 0 radical (unpaired) electrons. The number of nitrogens with zero attached hydrogens (tertiary/aromatic N) is 3. The molecule has 2 heterocycles. The first-order valence-electron chi connectivity index (χ1n) is 6.25. The van der Waals surface area contributed by atoms with Crippen LogP contribution in [0.3, 0.4) is 0 Å². The maximum atomic E-state index is 11.0. The first-order valence-corrected chi connectivity index (χ1v) is 6.63. The lowest BCUT2D eigenvalue weighted by Gasteiger charge is -2.22. The number of rotatable bonds is 2. The number of hydrogen-bond donors (Lipinski definition) is 1. The molecule has 104 valence electrons. The summed E-state index contributed by atoms with van der Waals surface area (Å²) >= 11 is 5.84. The van der Waals surface area contributed by atoms with Gasteiger partial charge in [-0.1, -0.05) is 17.7 Å². The van der Waals surface area contributed by atoms with Crippen molar-refractivity contribution < 1.29 is 4.92 Å². The lowest BCUT2D eigenvalue weighted by atomic mass is 10.0. The smallest absolute Gasteiger partial charge is 0.288 e. The summed E-state index contributed by atoms with van der Waals surface area (Å²) in [5, 5.41) is 18.5. The first-order chi connectivity index (χ1) is 9.56. The number of aromatic nitrogens is 2. The molecule has 0 unspecified atom stereocenters. The summed E-state index contributed by atoms with van der Waals surface area (Å²) < 4.78 is 0. The molecule has 0 atom stereocenters. The van der Waals surface area contributed by atoms with Crippen LogP contribution in [0.1, 0.15) is 11.3 Å². The molecule has 0 amide bonds. The van der Waals surface area contributed by atoms with E-state index in [9.17, 15) is 10.1 Å². The van der Waals surface area contributed by atoms with E-state index in [2.05, 4.69) is 15.1 Å². The Labute approximate surface area is 120 Å². The molecule has 1 aliphatic rings. The maximum absolute atomic E-state index is 11.0. The van der Waals surface area contributed by atoms with E-state index in [1.165, 1.54) is 6.07 Å². The van der Waals surface area contributed by atoms with Crippen molar-refractivity contribution in [3.63, 3.8) is 0 Å². The number of likely N-dealkylation sites (N-methyl/N-ethyl adjacent to an activating group) is 1. The van der Waals surface area contributed by atoms with Crippen LogP contribution in [-0.2, 0) is 13.0 Å². The predicted molar refractivity (Wildman–Crippen MR) is 75.7 cm³/mol. The number of hydrogen-bond acceptors (Lipinski definition) is 4. The zero-order valence-electron chi connectivity index (χ0n) is 10.9. The molecule has 0 saturated heterocycles. The number of halogens is 1. The zero-order chi connectivity index (χ0) is 14.3. The standard InChI is InChI=1S/C13H13ClN4O2/c1-17-5-4-11-9(7-17)13(16-15-11)8-2-3-10(14)12(6-8)18(19)20/h2-3,6H,4-5,7H2,1H3,(H,15,16). The Bertz CT molecular complexity index is 683. The van der Waals surface area contributed by atoms with Crippen LogP contribution in [0.25, 0.3) is 11.3 Å². The third-order valence-corrected chi connectivity index (χ3v) is 3.86. The molecule has 1 N–H and O–H groups in total. The highest BCUT2D eigenvalue weighted by Gasteiger charge is 2.22. The number of H-pyrrole nitrogens is 1. The average Bonchev–Trinajstić information content (AvgIpc) is 2.82. The van der Waals surface area contributed by atoms with Gasteiger partial charge in [0.2, 0.25) is 0 Å². The lowest BCUT2D eigenvalue weighted by Crippen LogP contribution is -2.26. The zero-order valence-corrected chi connectivity index (χ0v) is 11.6. The molecular formula is C13H13ClN4O2. The molecule has 20 heavy (non-hydrogen) atoms. The number of fused-ring (bicyclic) bond motifs is 1. The van der Waals surface area contributed by atoms with Crippen LogP contribution >= 0.6 is 11.6 Å². The third-order valence-electron chi connectivity index (χ3n) is 3.54. The van der Waals surface area contributed by atoms with Crippen molar-refractivity contribution in [3.8, 4) is 11.3 Å². The largest absolute Gasteiger partial charge is 0.302 e. The number of aromatic amines is 1. The summed E-state index contributed by atoms with van der Waals surface area (Å²) in [6.07, 6.45) is 0.911. The van der Waals surface area contributed by atoms with E-state index in [0.29, 0.717) is 5.56 Å². The van der Waals surface area contributed by atoms with Gasteiger partial charge in [0.1, 0.15) is 5.02 Å². The van der Waals surface area contributed by atoms with E-state index < -0.39 is 4.92 Å². The second kappa shape index (κ2) is 4.88. The molecule has 0 fully saturated rings. The van der Waals surface area contributed by atoms with Crippen molar-refractivity contribution in [1.82, 2.24) is 15.1 Å². The van der Waals surface area contributed by atoms with Crippen LogP contribution in [0.15, 0.2) is 18.2 Å². The van der Waals surface area contributed by atoms with Gasteiger partial charge in [0.15, 0.2) is 0 Å².